The number of hydrogen-bond acceptors (Lipinski definition) is 4. The van der Waals surface area contributed by atoms with Crippen LogP contribution in [-0.2, 0) is 0 Å². The Morgan fingerprint density at radius 2 is 2.33 bits per heavy atom. The molecular weight excluding hydrogens is 170 g/mol. The molecule has 4 heteroatoms. The second-order valence-corrected chi connectivity index (χ2v) is 3.53. The molecule has 0 unspecified atom stereocenters. The van der Waals surface area contributed by atoms with Crippen LogP contribution in [0.15, 0.2) is 12.3 Å². The van der Waals surface area contributed by atoms with Crippen LogP contribution in [0.4, 0.5) is 5.13 Å². The van der Waals surface area contributed by atoms with E-state index in [0.29, 0.717) is 0 Å². The summed E-state index contributed by atoms with van der Waals surface area (Å²) >= 11 is 1.58. The summed E-state index contributed by atoms with van der Waals surface area (Å²) in [5.41, 5.74) is 2.18. The first-order valence-electron chi connectivity index (χ1n) is 3.71. The lowest BCUT2D eigenvalue weighted by Crippen LogP contribution is -1.84. The van der Waals surface area contributed by atoms with Gasteiger partial charge in [-0.3, -0.25) is 0 Å². The molecule has 0 saturated carbocycles. The van der Waals surface area contributed by atoms with Gasteiger partial charge < -0.3 is 5.32 Å². The van der Waals surface area contributed by atoms with E-state index in [1.54, 1.807) is 11.3 Å². The van der Waals surface area contributed by atoms with Crippen molar-refractivity contribution in [1.29, 1.82) is 0 Å². The highest BCUT2D eigenvalue weighted by Gasteiger charge is 2.04. The summed E-state index contributed by atoms with van der Waals surface area (Å²) in [4.78, 5) is 9.60. The third kappa shape index (κ3) is 1.04. The summed E-state index contributed by atoms with van der Waals surface area (Å²) in [6.07, 6.45) is 1.81. The highest BCUT2D eigenvalue weighted by molar-refractivity contribution is 7.21. The van der Waals surface area contributed by atoms with Gasteiger partial charge in [0.2, 0.25) is 0 Å². The molecule has 0 spiro atoms. The maximum absolute atomic E-state index is 4.38. The summed E-state index contributed by atoms with van der Waals surface area (Å²) in [6.45, 7) is 2.04. The molecule has 12 heavy (non-hydrogen) atoms. The molecule has 0 amide bonds. The van der Waals surface area contributed by atoms with Crippen LogP contribution >= 0.6 is 11.3 Å². The van der Waals surface area contributed by atoms with Crippen LogP contribution in [0.1, 0.15) is 5.56 Å². The van der Waals surface area contributed by atoms with Crippen molar-refractivity contribution in [3.05, 3.63) is 17.8 Å². The molecule has 3 nitrogen and oxygen atoms in total. The van der Waals surface area contributed by atoms with Gasteiger partial charge in [-0.1, -0.05) is 11.3 Å². The van der Waals surface area contributed by atoms with E-state index in [1.807, 2.05) is 26.2 Å². The van der Waals surface area contributed by atoms with Gasteiger partial charge in [0.1, 0.15) is 10.3 Å². The Morgan fingerprint density at radius 1 is 1.50 bits per heavy atom. The zero-order chi connectivity index (χ0) is 8.55. The topological polar surface area (TPSA) is 37.8 Å². The zero-order valence-corrected chi connectivity index (χ0v) is 7.77. The largest absolute Gasteiger partial charge is 0.365 e. The van der Waals surface area contributed by atoms with E-state index in [9.17, 15) is 0 Å². The molecule has 0 bridgehead atoms. The number of aromatic nitrogens is 2. The average molecular weight is 179 g/mol. The third-order valence-electron chi connectivity index (χ3n) is 1.71. The second kappa shape index (κ2) is 2.71. The monoisotopic (exact) mass is 179 g/mol. The fourth-order valence-corrected chi connectivity index (χ4v) is 1.90. The lowest BCUT2D eigenvalue weighted by atomic mass is 10.3. The first kappa shape index (κ1) is 7.49. The smallest absolute Gasteiger partial charge is 0.185 e. The standard InChI is InChI=1S/C8H9N3S/c1-5-3-4-10-7-6(5)11-8(9-2)12-7/h3-4H,1-2H3,(H,9,11). The van der Waals surface area contributed by atoms with E-state index in [1.165, 1.54) is 5.56 Å². The van der Waals surface area contributed by atoms with Crippen LogP contribution in [0.25, 0.3) is 10.3 Å². The Morgan fingerprint density at radius 3 is 3.00 bits per heavy atom. The van der Waals surface area contributed by atoms with Crippen LogP contribution in [-0.4, -0.2) is 17.0 Å². The summed E-state index contributed by atoms with van der Waals surface area (Å²) in [6, 6.07) is 1.97. The minimum atomic E-state index is 0.923. The van der Waals surface area contributed by atoms with Crippen molar-refractivity contribution >= 4 is 26.8 Å². The lowest BCUT2D eigenvalue weighted by Gasteiger charge is -1.89. The van der Waals surface area contributed by atoms with Gasteiger partial charge in [-0.15, -0.1) is 0 Å². The molecule has 2 aromatic rings. The fraction of sp³-hybridized carbons (Fsp3) is 0.250. The molecular formula is C8H9N3S. The summed E-state index contributed by atoms with van der Waals surface area (Å²) in [7, 11) is 1.87. The Labute approximate surface area is 74.5 Å². The molecule has 62 valence electrons. The van der Waals surface area contributed by atoms with E-state index in [2.05, 4.69) is 15.3 Å². The van der Waals surface area contributed by atoms with Crippen molar-refractivity contribution in [1.82, 2.24) is 9.97 Å². The lowest BCUT2D eigenvalue weighted by molar-refractivity contribution is 1.34. The number of pyridine rings is 1. The van der Waals surface area contributed by atoms with Crippen molar-refractivity contribution in [2.45, 2.75) is 6.92 Å². The second-order valence-electron chi connectivity index (χ2n) is 2.55. The number of aryl methyl sites for hydroxylation is 1. The van der Waals surface area contributed by atoms with E-state index in [0.717, 1.165) is 15.5 Å². The molecule has 0 saturated heterocycles. The summed E-state index contributed by atoms with van der Waals surface area (Å²) in [5.74, 6) is 0. The van der Waals surface area contributed by atoms with Crippen LogP contribution in [0, 0.1) is 6.92 Å². The first-order chi connectivity index (χ1) is 5.81. The Hall–Kier alpha value is -1.16. The molecule has 1 N–H and O–H groups in total. The highest BCUT2D eigenvalue weighted by atomic mass is 32.1. The zero-order valence-electron chi connectivity index (χ0n) is 6.96. The van der Waals surface area contributed by atoms with Gasteiger partial charge in [0.25, 0.3) is 0 Å². The third-order valence-corrected chi connectivity index (χ3v) is 2.69. The van der Waals surface area contributed by atoms with Crippen molar-refractivity contribution in [3.8, 4) is 0 Å². The van der Waals surface area contributed by atoms with Gasteiger partial charge in [0.05, 0.1) is 0 Å². The SMILES string of the molecule is CNc1nc2c(C)ccnc2s1. The number of rotatable bonds is 1. The van der Waals surface area contributed by atoms with Crippen LogP contribution < -0.4 is 5.32 Å². The van der Waals surface area contributed by atoms with Gasteiger partial charge in [-0.05, 0) is 18.6 Å². The number of nitrogens with zero attached hydrogens (tertiary/aromatic N) is 2. The molecule has 0 atom stereocenters. The van der Waals surface area contributed by atoms with Crippen LogP contribution in [0.2, 0.25) is 0 Å². The molecule has 0 fully saturated rings. The van der Waals surface area contributed by atoms with Crippen LogP contribution in [0.5, 0.6) is 0 Å². The molecule has 2 aromatic heterocycles. The number of hydrogen-bond donors (Lipinski definition) is 1. The van der Waals surface area contributed by atoms with E-state index in [4.69, 9.17) is 0 Å². The highest BCUT2D eigenvalue weighted by Crippen LogP contribution is 2.25. The quantitative estimate of drug-likeness (QED) is 0.728. The van der Waals surface area contributed by atoms with Gasteiger partial charge in [-0.25, -0.2) is 9.97 Å². The fourth-order valence-electron chi connectivity index (χ4n) is 1.06. The van der Waals surface area contributed by atoms with E-state index < -0.39 is 0 Å². The molecule has 0 aliphatic heterocycles. The Kier molecular flexibility index (Phi) is 1.69. The molecule has 0 aromatic carbocycles. The summed E-state index contributed by atoms with van der Waals surface area (Å²) < 4.78 is 0. The van der Waals surface area contributed by atoms with E-state index >= 15 is 0 Å². The molecule has 0 aliphatic rings. The minimum Gasteiger partial charge on any atom is -0.365 e. The maximum atomic E-state index is 4.38. The van der Waals surface area contributed by atoms with Crippen molar-refractivity contribution < 1.29 is 0 Å². The van der Waals surface area contributed by atoms with Gasteiger partial charge in [0.15, 0.2) is 5.13 Å². The normalized spacial score (nSPS) is 10.5. The van der Waals surface area contributed by atoms with Crippen molar-refractivity contribution in [3.63, 3.8) is 0 Å². The van der Waals surface area contributed by atoms with Crippen molar-refractivity contribution in [2.24, 2.45) is 0 Å². The predicted octanol–water partition coefficient (Wildman–Crippen LogP) is 2.04. The Bertz CT molecular complexity index is 408. The van der Waals surface area contributed by atoms with Gasteiger partial charge in [-0.2, -0.15) is 0 Å². The average Bonchev–Trinajstić information content (AvgIpc) is 2.49. The predicted molar refractivity (Wildman–Crippen MR) is 51.7 cm³/mol. The summed E-state index contributed by atoms with van der Waals surface area (Å²) in [5, 5.41) is 3.93. The first-order valence-corrected chi connectivity index (χ1v) is 4.53. The molecule has 2 heterocycles. The number of nitrogens with one attached hydrogen (secondary N) is 1. The van der Waals surface area contributed by atoms with Crippen molar-refractivity contribution in [2.75, 3.05) is 12.4 Å². The van der Waals surface area contributed by atoms with E-state index in [-0.39, 0.29) is 0 Å². The maximum Gasteiger partial charge on any atom is 0.185 e. The number of anilines is 1. The molecule has 0 aliphatic carbocycles. The minimum absolute atomic E-state index is 0.923. The van der Waals surface area contributed by atoms with Gasteiger partial charge >= 0.3 is 0 Å². The molecule has 0 radical (unpaired) electrons. The number of fused-ring (bicyclic) bond motifs is 1. The van der Waals surface area contributed by atoms with Crippen LogP contribution in [0.3, 0.4) is 0 Å². The van der Waals surface area contributed by atoms with Gasteiger partial charge in [0, 0.05) is 13.2 Å². The number of thiazole rings is 1. The Balaban J connectivity index is 2.74. The molecule has 2 rings (SSSR count).